The molecule has 0 aliphatic heterocycles. The first-order chi connectivity index (χ1) is 9.85. The Morgan fingerprint density at radius 2 is 1.62 bits per heavy atom. The van der Waals surface area contributed by atoms with Gasteiger partial charge in [0.2, 0.25) is 7.37 Å². The second-order valence-electron chi connectivity index (χ2n) is 5.72. The molecule has 0 saturated heterocycles. The van der Waals surface area contributed by atoms with Crippen molar-refractivity contribution in [3.63, 3.8) is 0 Å². The average molecular weight is 302 g/mol. The van der Waals surface area contributed by atoms with E-state index in [2.05, 4.69) is 19.1 Å². The summed E-state index contributed by atoms with van der Waals surface area (Å²) in [6.07, 6.45) is 0.981. The van der Waals surface area contributed by atoms with Crippen LogP contribution in [0.1, 0.15) is 34.7 Å². The van der Waals surface area contributed by atoms with Gasteiger partial charge in [-0.05, 0) is 55.5 Å². The van der Waals surface area contributed by atoms with Crippen molar-refractivity contribution in [1.82, 2.24) is 0 Å². The number of rotatable bonds is 4. The molecule has 0 aliphatic rings. The Balaban J connectivity index is 2.45. The lowest BCUT2D eigenvalue weighted by molar-refractivity contribution is 0.488. The van der Waals surface area contributed by atoms with Gasteiger partial charge in [-0.1, -0.05) is 42.8 Å². The van der Waals surface area contributed by atoms with Gasteiger partial charge in [0.1, 0.15) is 0 Å². The zero-order chi connectivity index (χ0) is 15.6. The fourth-order valence-electron chi connectivity index (χ4n) is 2.91. The van der Waals surface area contributed by atoms with Crippen LogP contribution in [0.25, 0.3) is 0 Å². The van der Waals surface area contributed by atoms with Crippen LogP contribution in [0.3, 0.4) is 0 Å². The highest BCUT2D eigenvalue weighted by molar-refractivity contribution is 7.65. The van der Waals surface area contributed by atoms with Crippen LogP contribution in [0.2, 0.25) is 0 Å². The maximum atomic E-state index is 12.9. The molecule has 0 amide bonds. The minimum absolute atomic E-state index is 0.210. The van der Waals surface area contributed by atoms with Gasteiger partial charge in [-0.2, -0.15) is 0 Å². The van der Waals surface area contributed by atoms with E-state index in [9.17, 15) is 9.46 Å². The van der Waals surface area contributed by atoms with E-state index >= 15 is 0 Å². The van der Waals surface area contributed by atoms with Crippen molar-refractivity contribution in [2.45, 2.75) is 40.3 Å². The highest BCUT2D eigenvalue weighted by Crippen LogP contribution is 2.45. The second-order valence-corrected chi connectivity index (χ2v) is 7.92. The van der Waals surface area contributed by atoms with E-state index in [-0.39, 0.29) is 6.16 Å². The molecule has 21 heavy (non-hydrogen) atoms. The number of hydrogen-bond acceptors (Lipinski definition) is 1. The highest BCUT2D eigenvalue weighted by Gasteiger charge is 2.25. The summed E-state index contributed by atoms with van der Waals surface area (Å²) in [6.45, 7) is 8.10. The van der Waals surface area contributed by atoms with Crippen molar-refractivity contribution in [1.29, 1.82) is 0 Å². The summed E-state index contributed by atoms with van der Waals surface area (Å²) in [5.41, 5.74) is 5.34. The lowest BCUT2D eigenvalue weighted by Crippen LogP contribution is -2.12. The summed E-state index contributed by atoms with van der Waals surface area (Å²) < 4.78 is 12.9. The summed E-state index contributed by atoms with van der Waals surface area (Å²) in [5.74, 6) is 0. The molecule has 0 radical (unpaired) electrons. The summed E-state index contributed by atoms with van der Waals surface area (Å²) in [6, 6.07) is 11.6. The predicted molar refractivity (Wildman–Crippen MR) is 89.6 cm³/mol. The fraction of sp³-hybridized carbons (Fsp3) is 0.333. The van der Waals surface area contributed by atoms with Crippen LogP contribution in [0.5, 0.6) is 0 Å². The minimum atomic E-state index is -3.39. The molecule has 112 valence electrons. The molecule has 1 N–H and O–H groups in total. The molecule has 2 rings (SSSR count). The van der Waals surface area contributed by atoms with Crippen molar-refractivity contribution in [3.8, 4) is 0 Å². The standard InChI is InChI=1S/C18H23O2P/c1-5-16-8-6-7-9-18(16)21(19,20)12-17-14(3)10-13(2)11-15(17)4/h6-11H,5,12H2,1-4H3,(H,19,20). The zero-order valence-corrected chi connectivity index (χ0v) is 14.1. The first-order valence-electron chi connectivity index (χ1n) is 7.32. The Morgan fingerprint density at radius 1 is 1.05 bits per heavy atom. The second kappa shape index (κ2) is 6.17. The predicted octanol–water partition coefficient (Wildman–Crippen LogP) is 4.27. The molecule has 1 unspecified atom stereocenters. The lowest BCUT2D eigenvalue weighted by atomic mass is 10.0. The monoisotopic (exact) mass is 302 g/mol. The molecule has 0 aromatic heterocycles. The fourth-order valence-corrected chi connectivity index (χ4v) is 5.01. The Labute approximate surface area is 127 Å². The first kappa shape index (κ1) is 16.0. The van der Waals surface area contributed by atoms with E-state index < -0.39 is 7.37 Å². The average Bonchev–Trinajstić information content (AvgIpc) is 2.43. The van der Waals surface area contributed by atoms with Gasteiger partial charge >= 0.3 is 0 Å². The summed E-state index contributed by atoms with van der Waals surface area (Å²) in [4.78, 5) is 10.6. The van der Waals surface area contributed by atoms with Crippen LogP contribution in [0.15, 0.2) is 36.4 Å². The maximum Gasteiger partial charge on any atom is 0.234 e. The highest BCUT2D eigenvalue weighted by atomic mass is 31.2. The number of hydrogen-bond donors (Lipinski definition) is 1. The van der Waals surface area contributed by atoms with Gasteiger partial charge in [-0.3, -0.25) is 4.57 Å². The van der Waals surface area contributed by atoms with Gasteiger partial charge in [0.15, 0.2) is 0 Å². The van der Waals surface area contributed by atoms with Gasteiger partial charge in [-0.25, -0.2) is 0 Å². The third-order valence-corrected chi connectivity index (χ3v) is 5.90. The Hall–Kier alpha value is -1.37. The molecule has 2 aromatic carbocycles. The molecule has 1 atom stereocenters. The first-order valence-corrected chi connectivity index (χ1v) is 9.16. The third-order valence-electron chi connectivity index (χ3n) is 3.96. The van der Waals surface area contributed by atoms with Gasteiger partial charge in [0, 0.05) is 5.30 Å². The van der Waals surface area contributed by atoms with Gasteiger partial charge in [-0.15, -0.1) is 0 Å². The minimum Gasteiger partial charge on any atom is -0.341 e. The number of aryl methyl sites for hydroxylation is 4. The molecular formula is C18H23O2P. The van der Waals surface area contributed by atoms with Crippen molar-refractivity contribution < 1.29 is 9.46 Å². The van der Waals surface area contributed by atoms with Crippen LogP contribution in [0.4, 0.5) is 0 Å². The molecule has 0 fully saturated rings. The quantitative estimate of drug-likeness (QED) is 0.856. The summed E-state index contributed by atoms with van der Waals surface area (Å²) in [5, 5.41) is 0.604. The summed E-state index contributed by atoms with van der Waals surface area (Å²) >= 11 is 0. The van der Waals surface area contributed by atoms with E-state index in [1.165, 1.54) is 5.56 Å². The van der Waals surface area contributed by atoms with E-state index in [1.807, 2.05) is 39.0 Å². The van der Waals surface area contributed by atoms with E-state index in [0.717, 1.165) is 28.7 Å². The van der Waals surface area contributed by atoms with Crippen molar-refractivity contribution >= 4 is 12.7 Å². The van der Waals surface area contributed by atoms with Crippen LogP contribution in [-0.4, -0.2) is 4.89 Å². The van der Waals surface area contributed by atoms with E-state index in [4.69, 9.17) is 0 Å². The third kappa shape index (κ3) is 3.45. The van der Waals surface area contributed by atoms with Crippen LogP contribution in [-0.2, 0) is 17.1 Å². The van der Waals surface area contributed by atoms with Crippen molar-refractivity contribution in [3.05, 3.63) is 64.2 Å². The SMILES string of the molecule is CCc1ccccc1P(=O)(O)Cc1c(C)cc(C)cc1C. The summed E-state index contributed by atoms with van der Waals surface area (Å²) in [7, 11) is -3.39. The molecule has 3 heteroatoms. The van der Waals surface area contributed by atoms with Gasteiger partial charge in [0.05, 0.1) is 6.16 Å². The molecule has 0 spiro atoms. The van der Waals surface area contributed by atoms with Crippen LogP contribution >= 0.6 is 7.37 Å². The number of benzene rings is 2. The topological polar surface area (TPSA) is 37.3 Å². The van der Waals surface area contributed by atoms with Crippen molar-refractivity contribution in [2.75, 3.05) is 0 Å². The largest absolute Gasteiger partial charge is 0.341 e. The maximum absolute atomic E-state index is 12.9. The van der Waals surface area contributed by atoms with E-state index in [1.54, 1.807) is 6.07 Å². The molecule has 2 nitrogen and oxygen atoms in total. The van der Waals surface area contributed by atoms with Gasteiger partial charge < -0.3 is 4.89 Å². The van der Waals surface area contributed by atoms with Crippen LogP contribution < -0.4 is 5.30 Å². The zero-order valence-electron chi connectivity index (χ0n) is 13.2. The Bertz CT molecular complexity index is 681. The molecule has 0 heterocycles. The van der Waals surface area contributed by atoms with Gasteiger partial charge in [0.25, 0.3) is 0 Å². The Kier molecular flexibility index (Phi) is 4.70. The normalized spacial score (nSPS) is 14.0. The van der Waals surface area contributed by atoms with Crippen molar-refractivity contribution in [2.24, 2.45) is 0 Å². The molecule has 0 bridgehead atoms. The molecular weight excluding hydrogens is 279 g/mol. The smallest absolute Gasteiger partial charge is 0.234 e. The molecule has 2 aromatic rings. The lowest BCUT2D eigenvalue weighted by Gasteiger charge is -2.18. The van der Waals surface area contributed by atoms with Crippen LogP contribution in [0, 0.1) is 20.8 Å². The molecule has 0 aliphatic carbocycles. The van der Waals surface area contributed by atoms with E-state index in [0.29, 0.717) is 5.30 Å². The Morgan fingerprint density at radius 3 is 2.19 bits per heavy atom. The molecule has 0 saturated carbocycles.